The van der Waals surface area contributed by atoms with Gasteiger partial charge in [-0.15, -0.1) is 24.0 Å². The van der Waals surface area contributed by atoms with Crippen molar-refractivity contribution in [2.24, 2.45) is 4.99 Å². The summed E-state index contributed by atoms with van der Waals surface area (Å²) in [6.07, 6.45) is 2.36. The fraction of sp³-hybridized carbons (Fsp3) is 0.400. The number of halogens is 1. The highest BCUT2D eigenvalue weighted by Gasteiger charge is 2.21. The molecule has 3 rings (SSSR count). The van der Waals surface area contributed by atoms with Crippen molar-refractivity contribution in [2.45, 2.75) is 32.4 Å². The lowest BCUT2D eigenvalue weighted by molar-refractivity contribution is -0.117. The van der Waals surface area contributed by atoms with Crippen LogP contribution in [0.4, 0.5) is 5.69 Å². The van der Waals surface area contributed by atoms with E-state index < -0.39 is 6.10 Å². The number of nitrogens with one attached hydrogen (secondary N) is 2. The summed E-state index contributed by atoms with van der Waals surface area (Å²) in [4.78, 5) is 18.2. The van der Waals surface area contributed by atoms with Gasteiger partial charge in [-0.25, -0.2) is 4.99 Å². The summed E-state index contributed by atoms with van der Waals surface area (Å²) in [5.41, 5.74) is 1.99. The van der Waals surface area contributed by atoms with Crippen LogP contribution in [-0.4, -0.2) is 36.6 Å². The van der Waals surface area contributed by atoms with Crippen LogP contribution in [0.25, 0.3) is 0 Å². The summed E-state index contributed by atoms with van der Waals surface area (Å²) in [6, 6.07) is 11.4. The molecular weight excluding hydrogens is 471 g/mol. The lowest BCUT2D eigenvalue weighted by atomic mass is 10.2. The Morgan fingerprint density at radius 1 is 1.29 bits per heavy atom. The monoisotopic (exact) mass is 498 g/mol. The summed E-state index contributed by atoms with van der Waals surface area (Å²) in [6.45, 7) is 4.30. The van der Waals surface area contributed by atoms with Crippen molar-refractivity contribution >= 4 is 41.5 Å². The van der Waals surface area contributed by atoms with E-state index >= 15 is 0 Å². The molecule has 0 spiro atoms. The summed E-state index contributed by atoms with van der Waals surface area (Å²) in [5.74, 6) is 1.34. The molecule has 1 aliphatic rings. The Morgan fingerprint density at radius 3 is 2.68 bits per heavy atom. The predicted octanol–water partition coefficient (Wildman–Crippen LogP) is 2.81. The molecule has 2 heterocycles. The van der Waals surface area contributed by atoms with Crippen LogP contribution in [0, 0.1) is 0 Å². The van der Waals surface area contributed by atoms with E-state index in [0.717, 1.165) is 30.8 Å². The van der Waals surface area contributed by atoms with Gasteiger partial charge in [-0.05, 0) is 43.2 Å². The standard InChI is InChI=1S/C20H26N4O3.HI/c1-2-21-20(23-14-17(25)18-5-4-12-27-18)22-13-15-7-9-16(10-8-15)24-11-3-6-19(24)26;/h4-5,7-10,12,17,25H,2-3,6,11,13-14H2,1H3,(H2,21,22,23);1H. The first-order valence-electron chi connectivity index (χ1n) is 9.30. The van der Waals surface area contributed by atoms with Gasteiger partial charge in [0.25, 0.3) is 0 Å². The molecule has 0 radical (unpaired) electrons. The fourth-order valence-corrected chi connectivity index (χ4v) is 2.99. The number of hydrogen-bond acceptors (Lipinski definition) is 4. The molecule has 0 aliphatic carbocycles. The van der Waals surface area contributed by atoms with Gasteiger partial charge in [0.15, 0.2) is 5.96 Å². The number of aliphatic hydroxyl groups excluding tert-OH is 1. The van der Waals surface area contributed by atoms with Gasteiger partial charge in [-0.1, -0.05) is 12.1 Å². The molecule has 1 aromatic heterocycles. The molecule has 7 nitrogen and oxygen atoms in total. The van der Waals surface area contributed by atoms with Crippen LogP contribution in [0.2, 0.25) is 0 Å². The average Bonchev–Trinajstić information content (AvgIpc) is 3.36. The summed E-state index contributed by atoms with van der Waals surface area (Å²) >= 11 is 0. The molecule has 28 heavy (non-hydrogen) atoms. The van der Waals surface area contributed by atoms with Crippen LogP contribution in [-0.2, 0) is 11.3 Å². The van der Waals surface area contributed by atoms with Crippen LogP contribution in [0.1, 0.15) is 37.2 Å². The molecule has 1 unspecified atom stereocenters. The van der Waals surface area contributed by atoms with Crippen LogP contribution in [0.5, 0.6) is 0 Å². The molecule has 1 atom stereocenters. The Balaban J connectivity index is 0.00000280. The van der Waals surface area contributed by atoms with Gasteiger partial charge in [-0.3, -0.25) is 4.79 Å². The maximum absolute atomic E-state index is 11.8. The Labute approximate surface area is 182 Å². The van der Waals surface area contributed by atoms with E-state index in [9.17, 15) is 9.90 Å². The van der Waals surface area contributed by atoms with Gasteiger partial charge >= 0.3 is 0 Å². The number of guanidine groups is 1. The molecule has 1 aromatic carbocycles. The third kappa shape index (κ3) is 5.96. The summed E-state index contributed by atoms with van der Waals surface area (Å²) in [5, 5.41) is 16.4. The van der Waals surface area contributed by atoms with Gasteiger partial charge in [0.2, 0.25) is 5.91 Å². The number of aliphatic hydroxyl groups is 1. The third-order valence-corrected chi connectivity index (χ3v) is 4.42. The highest BCUT2D eigenvalue weighted by molar-refractivity contribution is 14.0. The second-order valence-corrected chi connectivity index (χ2v) is 6.42. The van der Waals surface area contributed by atoms with Crippen molar-refractivity contribution in [3.8, 4) is 0 Å². The Bertz CT molecular complexity index is 762. The van der Waals surface area contributed by atoms with Gasteiger partial charge in [-0.2, -0.15) is 0 Å². The Hall–Kier alpha value is -2.07. The number of carbonyl (C=O) groups excluding carboxylic acids is 1. The molecule has 2 aromatic rings. The minimum atomic E-state index is -0.735. The zero-order valence-corrected chi connectivity index (χ0v) is 18.3. The molecule has 1 saturated heterocycles. The number of rotatable bonds is 7. The molecule has 8 heteroatoms. The SMILES string of the molecule is CCNC(=NCc1ccc(N2CCCC2=O)cc1)NCC(O)c1ccco1.I. The second-order valence-electron chi connectivity index (χ2n) is 6.42. The largest absolute Gasteiger partial charge is 0.467 e. The summed E-state index contributed by atoms with van der Waals surface area (Å²) < 4.78 is 5.20. The van der Waals surface area contributed by atoms with Gasteiger partial charge in [0.05, 0.1) is 19.4 Å². The van der Waals surface area contributed by atoms with Crippen molar-refractivity contribution in [1.29, 1.82) is 0 Å². The maximum Gasteiger partial charge on any atom is 0.227 e. The zero-order chi connectivity index (χ0) is 19.1. The van der Waals surface area contributed by atoms with E-state index in [1.54, 1.807) is 12.1 Å². The van der Waals surface area contributed by atoms with Gasteiger partial charge in [0.1, 0.15) is 11.9 Å². The van der Waals surface area contributed by atoms with E-state index in [1.165, 1.54) is 6.26 Å². The van der Waals surface area contributed by atoms with Crippen molar-refractivity contribution in [2.75, 3.05) is 24.5 Å². The van der Waals surface area contributed by atoms with Crippen molar-refractivity contribution in [3.05, 3.63) is 54.0 Å². The number of benzene rings is 1. The van der Waals surface area contributed by atoms with E-state index in [2.05, 4.69) is 15.6 Å². The van der Waals surface area contributed by atoms with E-state index in [1.807, 2.05) is 36.1 Å². The Kier molecular flexibility index (Phi) is 8.78. The zero-order valence-electron chi connectivity index (χ0n) is 15.9. The lowest BCUT2D eigenvalue weighted by Crippen LogP contribution is -2.39. The van der Waals surface area contributed by atoms with E-state index in [-0.39, 0.29) is 29.9 Å². The first kappa shape index (κ1) is 22.2. The number of furan rings is 1. The van der Waals surface area contributed by atoms with Crippen molar-refractivity contribution in [1.82, 2.24) is 10.6 Å². The first-order chi connectivity index (χ1) is 13.2. The van der Waals surface area contributed by atoms with Crippen LogP contribution in [0.15, 0.2) is 52.1 Å². The van der Waals surface area contributed by atoms with Crippen LogP contribution < -0.4 is 15.5 Å². The smallest absolute Gasteiger partial charge is 0.227 e. The van der Waals surface area contributed by atoms with E-state index in [4.69, 9.17) is 4.42 Å². The highest BCUT2D eigenvalue weighted by atomic mass is 127. The minimum Gasteiger partial charge on any atom is -0.467 e. The molecule has 1 amide bonds. The van der Waals surface area contributed by atoms with Crippen molar-refractivity contribution < 1.29 is 14.3 Å². The normalized spacial score (nSPS) is 15.3. The highest BCUT2D eigenvalue weighted by Crippen LogP contribution is 2.21. The molecule has 1 aliphatic heterocycles. The Morgan fingerprint density at radius 2 is 2.07 bits per heavy atom. The van der Waals surface area contributed by atoms with Gasteiger partial charge < -0.3 is 25.1 Å². The number of hydrogen-bond donors (Lipinski definition) is 3. The molecule has 0 saturated carbocycles. The number of anilines is 1. The third-order valence-electron chi connectivity index (χ3n) is 4.42. The van der Waals surface area contributed by atoms with Crippen LogP contribution >= 0.6 is 24.0 Å². The van der Waals surface area contributed by atoms with Gasteiger partial charge in [0, 0.05) is 25.2 Å². The first-order valence-corrected chi connectivity index (χ1v) is 9.30. The predicted molar refractivity (Wildman–Crippen MR) is 120 cm³/mol. The average molecular weight is 498 g/mol. The second kappa shape index (κ2) is 11.1. The van der Waals surface area contributed by atoms with E-state index in [0.29, 0.717) is 31.2 Å². The molecule has 1 fully saturated rings. The fourth-order valence-electron chi connectivity index (χ4n) is 2.99. The van der Waals surface area contributed by atoms with Crippen LogP contribution in [0.3, 0.4) is 0 Å². The number of carbonyl (C=O) groups is 1. The minimum absolute atomic E-state index is 0. The molecule has 152 valence electrons. The summed E-state index contributed by atoms with van der Waals surface area (Å²) in [7, 11) is 0. The molecular formula is C20H27IN4O3. The maximum atomic E-state index is 11.8. The number of amides is 1. The molecule has 3 N–H and O–H groups in total. The molecule has 0 bridgehead atoms. The van der Waals surface area contributed by atoms with Crippen molar-refractivity contribution in [3.63, 3.8) is 0 Å². The lowest BCUT2D eigenvalue weighted by Gasteiger charge is -2.16. The number of aliphatic imine (C=N–C) groups is 1. The topological polar surface area (TPSA) is 90.1 Å². The quantitative estimate of drug-likeness (QED) is 0.311. The number of nitrogens with zero attached hydrogens (tertiary/aromatic N) is 2.